The van der Waals surface area contributed by atoms with Crippen LogP contribution in [0.2, 0.25) is 0 Å². The maximum absolute atomic E-state index is 15.7. The Morgan fingerprint density at radius 1 is 1.17 bits per heavy atom. The third-order valence-electron chi connectivity index (χ3n) is 7.78. The first kappa shape index (κ1) is 30.1. The molecule has 14 heteroatoms. The third-order valence-corrected chi connectivity index (χ3v) is 8.79. The van der Waals surface area contributed by atoms with Crippen molar-refractivity contribution in [3.63, 3.8) is 0 Å². The summed E-state index contributed by atoms with van der Waals surface area (Å²) in [5.74, 6) is -1.64. The zero-order valence-electron chi connectivity index (χ0n) is 23.4. The number of nitrogens with one attached hydrogen (secondary N) is 2. The Balaban J connectivity index is 1.52. The Labute approximate surface area is 244 Å². The van der Waals surface area contributed by atoms with Gasteiger partial charge >= 0.3 is 6.18 Å². The molecule has 2 unspecified atom stereocenters. The van der Waals surface area contributed by atoms with E-state index in [0.29, 0.717) is 49.6 Å². The van der Waals surface area contributed by atoms with E-state index >= 15 is 4.39 Å². The van der Waals surface area contributed by atoms with Crippen LogP contribution in [0.5, 0.6) is 0 Å². The number of morpholine rings is 1. The molecule has 5 rings (SSSR count). The van der Waals surface area contributed by atoms with Crippen molar-refractivity contribution in [2.75, 3.05) is 56.7 Å². The van der Waals surface area contributed by atoms with E-state index in [1.165, 1.54) is 23.5 Å². The Hall–Kier alpha value is -3.33. The number of nitrogens with zero attached hydrogens (tertiary/aromatic N) is 4. The zero-order chi connectivity index (χ0) is 30.2. The number of rotatable bonds is 6. The zero-order valence-corrected chi connectivity index (χ0v) is 24.2. The number of thiazole rings is 1. The molecule has 2 aliphatic rings. The van der Waals surface area contributed by atoms with Gasteiger partial charge in [0.05, 0.1) is 35.7 Å². The molecule has 0 spiro atoms. The lowest BCUT2D eigenvalue weighted by atomic mass is 10.1. The average Bonchev–Trinajstić information content (AvgIpc) is 3.40. The summed E-state index contributed by atoms with van der Waals surface area (Å²) in [6, 6.07) is 3.26. The lowest BCUT2D eigenvalue weighted by Gasteiger charge is -2.44. The molecule has 4 heterocycles. The second-order valence-electron chi connectivity index (χ2n) is 10.7. The van der Waals surface area contributed by atoms with Gasteiger partial charge in [0.15, 0.2) is 0 Å². The van der Waals surface area contributed by atoms with E-state index in [1.54, 1.807) is 6.20 Å². The van der Waals surface area contributed by atoms with Crippen molar-refractivity contribution in [3.8, 4) is 10.6 Å². The van der Waals surface area contributed by atoms with E-state index in [2.05, 4.69) is 25.1 Å². The van der Waals surface area contributed by atoms with Crippen LogP contribution in [-0.2, 0) is 17.5 Å². The molecule has 2 aliphatic heterocycles. The first-order valence-electron chi connectivity index (χ1n) is 13.6. The number of alkyl halides is 3. The standard InChI is InChI=1S/C28H32F4N6O3S/c1-16-13-38(14-17(2)36(16)3)24-10-22(29)19(27-34-11-18(42-27)15-37-4-6-41-7-5-37)8-23(24)35-26(40)20-12-33-25(39)9-21(20)28(30,31)32/h8-12,16-17H,4-7,13-15H2,1-3H3,(H,33,39)(H,35,40). The number of halogens is 4. The minimum atomic E-state index is -4.93. The number of piperazine rings is 1. The molecule has 42 heavy (non-hydrogen) atoms. The molecule has 1 aromatic carbocycles. The monoisotopic (exact) mass is 608 g/mol. The molecule has 2 N–H and O–H groups in total. The first-order chi connectivity index (χ1) is 19.9. The van der Waals surface area contributed by atoms with Crippen molar-refractivity contribution >= 4 is 28.6 Å². The number of H-pyrrole nitrogens is 1. The van der Waals surface area contributed by atoms with Crippen LogP contribution in [0.1, 0.15) is 34.6 Å². The number of ether oxygens (including phenoxy) is 1. The number of benzene rings is 1. The predicted molar refractivity (Wildman–Crippen MR) is 153 cm³/mol. The Morgan fingerprint density at radius 2 is 1.86 bits per heavy atom. The lowest BCUT2D eigenvalue weighted by molar-refractivity contribution is -0.138. The molecule has 0 aliphatic carbocycles. The number of amides is 1. The largest absolute Gasteiger partial charge is 0.417 e. The van der Waals surface area contributed by atoms with E-state index < -0.39 is 34.6 Å². The molecule has 2 aromatic heterocycles. The van der Waals surface area contributed by atoms with Crippen LogP contribution in [0.3, 0.4) is 0 Å². The number of pyridine rings is 1. The third kappa shape index (κ3) is 6.51. The van der Waals surface area contributed by atoms with Gasteiger partial charge in [-0.1, -0.05) is 0 Å². The smallest absolute Gasteiger partial charge is 0.379 e. The van der Waals surface area contributed by atoms with Gasteiger partial charge < -0.3 is 19.9 Å². The Bertz CT molecular complexity index is 1490. The normalized spacial score (nSPS) is 20.6. The molecular formula is C28H32F4N6O3S. The topological polar surface area (TPSA) is 93.8 Å². The number of hydrogen-bond donors (Lipinski definition) is 2. The molecule has 2 atom stereocenters. The summed E-state index contributed by atoms with van der Waals surface area (Å²) >= 11 is 1.31. The number of likely N-dealkylation sites (N-methyl/N-ethyl adjacent to an activating group) is 1. The Kier molecular flexibility index (Phi) is 8.69. The van der Waals surface area contributed by atoms with E-state index in [9.17, 15) is 22.8 Å². The highest BCUT2D eigenvalue weighted by Crippen LogP contribution is 2.38. The average molecular weight is 609 g/mol. The van der Waals surface area contributed by atoms with Gasteiger partial charge in [-0.05, 0) is 27.0 Å². The number of aromatic nitrogens is 2. The first-order valence-corrected chi connectivity index (χ1v) is 14.4. The van der Waals surface area contributed by atoms with Crippen molar-refractivity contribution in [1.82, 2.24) is 19.8 Å². The van der Waals surface area contributed by atoms with Gasteiger partial charge in [0.25, 0.3) is 5.91 Å². The van der Waals surface area contributed by atoms with Crippen molar-refractivity contribution < 1.29 is 27.1 Å². The van der Waals surface area contributed by atoms with Crippen LogP contribution in [0.4, 0.5) is 28.9 Å². The molecule has 1 amide bonds. The Morgan fingerprint density at radius 3 is 2.52 bits per heavy atom. The van der Waals surface area contributed by atoms with Crippen molar-refractivity contribution in [2.24, 2.45) is 0 Å². The predicted octanol–water partition coefficient (Wildman–Crippen LogP) is 4.27. The molecule has 9 nitrogen and oxygen atoms in total. The van der Waals surface area contributed by atoms with Gasteiger partial charge in [-0.25, -0.2) is 9.37 Å². The quantitative estimate of drug-likeness (QED) is 0.404. The van der Waals surface area contributed by atoms with Crippen LogP contribution in [0.15, 0.2) is 35.4 Å². The van der Waals surface area contributed by atoms with Crippen LogP contribution < -0.4 is 15.8 Å². The number of aromatic amines is 1. The van der Waals surface area contributed by atoms with Gasteiger partial charge in [-0.3, -0.25) is 19.4 Å². The van der Waals surface area contributed by atoms with Gasteiger partial charge in [0.1, 0.15) is 10.8 Å². The van der Waals surface area contributed by atoms with Crippen molar-refractivity contribution in [2.45, 2.75) is 38.7 Å². The van der Waals surface area contributed by atoms with E-state index in [0.717, 1.165) is 24.2 Å². The molecular weight excluding hydrogens is 576 g/mol. The summed E-state index contributed by atoms with van der Waals surface area (Å²) in [4.78, 5) is 38.7. The summed E-state index contributed by atoms with van der Waals surface area (Å²) in [5.41, 5.74) is -2.48. The van der Waals surface area contributed by atoms with Crippen molar-refractivity contribution in [1.29, 1.82) is 0 Å². The number of carbonyl (C=O) groups is 1. The van der Waals surface area contributed by atoms with Crippen LogP contribution >= 0.6 is 11.3 Å². The van der Waals surface area contributed by atoms with E-state index in [-0.39, 0.29) is 23.3 Å². The molecule has 0 bridgehead atoms. The fourth-order valence-corrected chi connectivity index (χ4v) is 6.23. The summed E-state index contributed by atoms with van der Waals surface area (Å²) in [5, 5.41) is 2.97. The second kappa shape index (κ2) is 12.1. The molecule has 226 valence electrons. The fourth-order valence-electron chi connectivity index (χ4n) is 5.26. The highest BCUT2D eigenvalue weighted by molar-refractivity contribution is 7.15. The SMILES string of the molecule is CC1CN(c2cc(F)c(-c3ncc(CN4CCOCC4)s3)cc2NC(=O)c2c[nH]c(=O)cc2C(F)(F)F)CC(C)N1C. The maximum atomic E-state index is 15.7. The highest BCUT2D eigenvalue weighted by Gasteiger charge is 2.36. The number of carbonyl (C=O) groups excluding carboxylic acids is 1. The van der Waals surface area contributed by atoms with Crippen molar-refractivity contribution in [3.05, 3.63) is 62.8 Å². The van der Waals surface area contributed by atoms with E-state index in [1.807, 2.05) is 25.8 Å². The summed E-state index contributed by atoms with van der Waals surface area (Å²) in [7, 11) is 1.99. The summed E-state index contributed by atoms with van der Waals surface area (Å²) in [6.45, 7) is 8.53. The minimum absolute atomic E-state index is 0.0952. The van der Waals surface area contributed by atoms with Gasteiger partial charge in [-0.2, -0.15) is 13.2 Å². The number of anilines is 2. The lowest BCUT2D eigenvalue weighted by Crippen LogP contribution is -2.55. The van der Waals surface area contributed by atoms with E-state index in [4.69, 9.17) is 4.74 Å². The van der Waals surface area contributed by atoms with Crippen LogP contribution in [-0.4, -0.2) is 84.2 Å². The van der Waals surface area contributed by atoms with Crippen LogP contribution in [0, 0.1) is 5.82 Å². The molecule has 0 saturated carbocycles. The van der Waals surface area contributed by atoms with Gasteiger partial charge in [0, 0.05) is 79.8 Å². The molecule has 3 aromatic rings. The second-order valence-corrected chi connectivity index (χ2v) is 11.8. The minimum Gasteiger partial charge on any atom is -0.379 e. The molecule has 0 radical (unpaired) electrons. The molecule has 2 fully saturated rings. The number of hydrogen-bond acceptors (Lipinski definition) is 8. The summed E-state index contributed by atoms with van der Waals surface area (Å²) in [6.07, 6.45) is -2.51. The molecule has 2 saturated heterocycles. The van der Waals surface area contributed by atoms with Gasteiger partial charge in [-0.15, -0.1) is 11.3 Å². The fraction of sp³-hybridized carbons (Fsp3) is 0.464. The van der Waals surface area contributed by atoms with Crippen LogP contribution in [0.25, 0.3) is 10.6 Å². The maximum Gasteiger partial charge on any atom is 0.417 e. The summed E-state index contributed by atoms with van der Waals surface area (Å²) < 4.78 is 62.3. The highest BCUT2D eigenvalue weighted by atomic mass is 32.1. The van der Waals surface area contributed by atoms with Gasteiger partial charge in [0.2, 0.25) is 5.56 Å².